The van der Waals surface area contributed by atoms with E-state index in [1.165, 1.54) is 55.7 Å². The Balaban J connectivity index is 1.82. The predicted octanol–water partition coefficient (Wildman–Crippen LogP) is 5.03. The van der Waals surface area contributed by atoms with Gasteiger partial charge in [0.15, 0.2) is 11.5 Å². The summed E-state index contributed by atoms with van der Waals surface area (Å²) in [4.78, 5) is 45.2. The number of carbonyl (C=O) groups is 2. The van der Waals surface area contributed by atoms with E-state index in [9.17, 15) is 35.1 Å². The Morgan fingerprint density at radius 2 is 1.67 bits per heavy atom. The topological polar surface area (TPSA) is 184 Å². The molecular formula is C26H20N4O9. The van der Waals surface area contributed by atoms with Crippen molar-refractivity contribution in [3.05, 3.63) is 97.6 Å². The lowest BCUT2D eigenvalue weighted by molar-refractivity contribution is -0.394. The highest BCUT2D eigenvalue weighted by Crippen LogP contribution is 2.38. The summed E-state index contributed by atoms with van der Waals surface area (Å²) in [5.74, 6) is -1.29. The number of amides is 1. The number of rotatable bonds is 10. The molecule has 0 heterocycles. The van der Waals surface area contributed by atoms with E-state index in [0.717, 1.165) is 18.2 Å². The van der Waals surface area contributed by atoms with Gasteiger partial charge in [0.25, 0.3) is 11.6 Å². The molecule has 0 bridgehead atoms. The van der Waals surface area contributed by atoms with Crippen LogP contribution < -0.4 is 14.8 Å². The lowest BCUT2D eigenvalue weighted by atomic mass is 10.1. The van der Waals surface area contributed by atoms with Crippen LogP contribution in [0.5, 0.6) is 17.2 Å². The fraction of sp³-hybridized carbons (Fsp3) is 0.115. The fourth-order valence-corrected chi connectivity index (χ4v) is 3.24. The van der Waals surface area contributed by atoms with Crippen LogP contribution in [0.15, 0.2) is 66.2 Å². The molecule has 1 N–H and O–H groups in total. The maximum absolute atomic E-state index is 12.6. The van der Waals surface area contributed by atoms with Crippen molar-refractivity contribution in [1.82, 2.24) is 0 Å². The van der Waals surface area contributed by atoms with Crippen LogP contribution in [-0.4, -0.2) is 35.4 Å². The molecule has 13 nitrogen and oxygen atoms in total. The number of nitriles is 1. The molecule has 0 aliphatic carbocycles. The fourth-order valence-electron chi connectivity index (χ4n) is 3.24. The predicted molar refractivity (Wildman–Crippen MR) is 137 cm³/mol. The van der Waals surface area contributed by atoms with E-state index in [1.807, 2.05) is 6.07 Å². The van der Waals surface area contributed by atoms with Gasteiger partial charge in [-0.1, -0.05) is 6.07 Å². The van der Waals surface area contributed by atoms with Crippen LogP contribution in [0, 0.1) is 31.6 Å². The summed E-state index contributed by atoms with van der Waals surface area (Å²) in [6, 6.07) is 15.0. The number of nitrogens with one attached hydrogen (secondary N) is 1. The zero-order valence-electron chi connectivity index (χ0n) is 20.6. The number of nitro benzene ring substituents is 2. The highest BCUT2D eigenvalue weighted by atomic mass is 16.6. The first kappa shape index (κ1) is 27.8. The van der Waals surface area contributed by atoms with Crippen LogP contribution in [0.3, 0.4) is 0 Å². The summed E-state index contributed by atoms with van der Waals surface area (Å²) >= 11 is 0. The third kappa shape index (κ3) is 6.92. The Hall–Kier alpha value is -5.77. The molecule has 1 amide bonds. The minimum absolute atomic E-state index is 0.0521. The maximum atomic E-state index is 12.6. The van der Waals surface area contributed by atoms with Crippen molar-refractivity contribution in [3.63, 3.8) is 0 Å². The summed E-state index contributed by atoms with van der Waals surface area (Å²) in [5, 5.41) is 34.4. The Labute approximate surface area is 221 Å². The van der Waals surface area contributed by atoms with Crippen molar-refractivity contribution < 1.29 is 33.6 Å². The van der Waals surface area contributed by atoms with Gasteiger partial charge in [0.2, 0.25) is 5.75 Å². The normalized spacial score (nSPS) is 10.6. The van der Waals surface area contributed by atoms with Gasteiger partial charge < -0.3 is 19.5 Å². The van der Waals surface area contributed by atoms with Gasteiger partial charge in [0, 0.05) is 11.8 Å². The first-order valence-electron chi connectivity index (χ1n) is 11.2. The largest absolute Gasteiger partial charge is 0.493 e. The molecule has 0 aromatic heterocycles. The summed E-state index contributed by atoms with van der Waals surface area (Å²) in [7, 11) is 1.32. The number of nitro groups is 2. The Kier molecular flexibility index (Phi) is 8.88. The molecule has 0 radical (unpaired) electrons. The molecule has 0 aliphatic heterocycles. The number of anilines is 1. The average Bonchev–Trinajstić information content (AvgIpc) is 2.92. The average molecular weight is 532 g/mol. The number of hydrogen-bond donors (Lipinski definition) is 1. The lowest BCUT2D eigenvalue weighted by Gasteiger charge is -2.11. The van der Waals surface area contributed by atoms with Crippen molar-refractivity contribution >= 4 is 35.0 Å². The molecule has 3 aromatic rings. The second-order valence-corrected chi connectivity index (χ2v) is 7.60. The van der Waals surface area contributed by atoms with Gasteiger partial charge in [-0.25, -0.2) is 4.79 Å². The molecule has 0 saturated heterocycles. The molecular weight excluding hydrogens is 512 g/mol. The Morgan fingerprint density at radius 3 is 2.26 bits per heavy atom. The van der Waals surface area contributed by atoms with Crippen LogP contribution in [0.25, 0.3) is 6.08 Å². The summed E-state index contributed by atoms with van der Waals surface area (Å²) < 4.78 is 15.8. The number of esters is 1. The van der Waals surface area contributed by atoms with Crippen LogP contribution in [0.1, 0.15) is 22.8 Å². The van der Waals surface area contributed by atoms with Crippen molar-refractivity contribution in [1.29, 1.82) is 5.26 Å². The number of hydrogen-bond acceptors (Lipinski definition) is 10. The van der Waals surface area contributed by atoms with Crippen molar-refractivity contribution in [2.75, 3.05) is 19.0 Å². The van der Waals surface area contributed by atoms with E-state index in [1.54, 1.807) is 6.92 Å². The van der Waals surface area contributed by atoms with Crippen molar-refractivity contribution in [3.8, 4) is 23.3 Å². The molecule has 0 fully saturated rings. The molecule has 13 heteroatoms. The molecule has 0 atom stereocenters. The molecule has 198 valence electrons. The molecule has 39 heavy (non-hydrogen) atoms. The number of benzene rings is 3. The van der Waals surface area contributed by atoms with Crippen LogP contribution in [0.4, 0.5) is 17.1 Å². The Morgan fingerprint density at radius 1 is 0.974 bits per heavy atom. The van der Waals surface area contributed by atoms with E-state index in [2.05, 4.69) is 5.32 Å². The quantitative estimate of drug-likeness (QED) is 0.122. The first-order valence-corrected chi connectivity index (χ1v) is 11.2. The molecule has 0 spiro atoms. The number of carbonyl (C=O) groups excluding carboxylic acids is 2. The molecule has 0 unspecified atom stereocenters. The van der Waals surface area contributed by atoms with Crippen molar-refractivity contribution in [2.24, 2.45) is 0 Å². The van der Waals surface area contributed by atoms with Crippen LogP contribution in [0.2, 0.25) is 0 Å². The summed E-state index contributed by atoms with van der Waals surface area (Å²) in [5.41, 5.74) is -0.305. The van der Waals surface area contributed by atoms with Gasteiger partial charge >= 0.3 is 11.7 Å². The van der Waals surface area contributed by atoms with E-state index in [0.29, 0.717) is 16.8 Å². The van der Waals surface area contributed by atoms with Gasteiger partial charge in [0.05, 0.1) is 35.2 Å². The summed E-state index contributed by atoms with van der Waals surface area (Å²) in [6.07, 6.45) is 1.29. The standard InChI is InChI=1S/C26H20N4O9/c1-3-38-26(32)17-5-7-19(8-6-17)28-25(31)18(15-27)12-16-4-10-23(24(13-16)37-2)39-22-11-9-20(29(33)34)14-21(22)30(35)36/h4-14H,3H2,1-2H3,(H,28,31)/b18-12+. The van der Waals surface area contributed by atoms with E-state index in [-0.39, 0.29) is 29.4 Å². The van der Waals surface area contributed by atoms with E-state index in [4.69, 9.17) is 14.2 Å². The number of ether oxygens (including phenoxy) is 3. The highest BCUT2D eigenvalue weighted by molar-refractivity contribution is 6.09. The van der Waals surface area contributed by atoms with Gasteiger partial charge in [-0.3, -0.25) is 25.0 Å². The van der Waals surface area contributed by atoms with E-state index >= 15 is 0 Å². The Bertz CT molecular complexity index is 1510. The zero-order valence-corrected chi connectivity index (χ0v) is 20.6. The third-order valence-electron chi connectivity index (χ3n) is 5.09. The molecule has 3 rings (SSSR count). The monoisotopic (exact) mass is 532 g/mol. The zero-order chi connectivity index (χ0) is 28.5. The van der Waals surface area contributed by atoms with Crippen molar-refractivity contribution in [2.45, 2.75) is 6.92 Å². The van der Waals surface area contributed by atoms with E-state index < -0.39 is 33.1 Å². The van der Waals surface area contributed by atoms with Crippen LogP contribution in [-0.2, 0) is 9.53 Å². The number of methoxy groups -OCH3 is 1. The van der Waals surface area contributed by atoms with Gasteiger partial charge in [-0.2, -0.15) is 5.26 Å². The maximum Gasteiger partial charge on any atom is 0.338 e. The SMILES string of the molecule is CCOC(=O)c1ccc(NC(=O)/C(C#N)=C/c2ccc(Oc3ccc([N+](=O)[O-])cc3[N+](=O)[O-])c(OC)c2)cc1. The highest BCUT2D eigenvalue weighted by Gasteiger charge is 2.22. The number of nitrogens with zero attached hydrogens (tertiary/aromatic N) is 3. The second-order valence-electron chi connectivity index (χ2n) is 7.60. The minimum atomic E-state index is -0.811. The molecule has 0 aliphatic rings. The number of non-ortho nitro benzene ring substituents is 1. The van der Waals surface area contributed by atoms with Crippen LogP contribution >= 0.6 is 0 Å². The first-order chi connectivity index (χ1) is 18.7. The van der Waals surface area contributed by atoms with Gasteiger partial charge in [0.1, 0.15) is 11.6 Å². The summed E-state index contributed by atoms with van der Waals surface area (Å²) in [6.45, 7) is 1.91. The lowest BCUT2D eigenvalue weighted by Crippen LogP contribution is -2.13. The van der Waals surface area contributed by atoms with Gasteiger partial charge in [-0.05, 0) is 61.0 Å². The molecule has 3 aromatic carbocycles. The smallest absolute Gasteiger partial charge is 0.338 e. The van der Waals surface area contributed by atoms with Gasteiger partial charge in [-0.15, -0.1) is 0 Å². The molecule has 0 saturated carbocycles. The minimum Gasteiger partial charge on any atom is -0.493 e. The second kappa shape index (κ2) is 12.5. The third-order valence-corrected chi connectivity index (χ3v) is 5.09.